The molecule has 0 saturated carbocycles. The molecule has 0 aliphatic carbocycles. The molecule has 0 fully saturated rings. The van der Waals surface area contributed by atoms with Gasteiger partial charge in [0, 0.05) is 28.8 Å². The largest absolute Gasteiger partial charge is 0.780 e. The molecular weight excluding hydrogens is 399 g/mol. The third kappa shape index (κ3) is 2.61. The first-order valence-electron chi connectivity index (χ1n) is 8.48. The molecule has 0 saturated heterocycles. The molecule has 1 unspecified atom stereocenters. The summed E-state index contributed by atoms with van der Waals surface area (Å²) >= 11 is 0. The summed E-state index contributed by atoms with van der Waals surface area (Å²) in [5, 5.41) is 9.89. The molecular formula is C20H11O8P-2. The Labute approximate surface area is 164 Å². The molecule has 0 amide bonds. The molecule has 9 heteroatoms. The predicted octanol–water partition coefficient (Wildman–Crippen LogP) is 2.17. The summed E-state index contributed by atoms with van der Waals surface area (Å²) in [6.07, 6.45) is 0. The number of rotatable bonds is 2. The molecule has 5 rings (SSSR count). The molecule has 8 nitrogen and oxygen atoms in total. The quantitative estimate of drug-likeness (QED) is 0.503. The lowest BCUT2D eigenvalue weighted by molar-refractivity contribution is -0.333. The SMILES string of the molecule is O=C1OC2(c3ccc(O)cc3Oc3cc(OP(=O)([O-])[O-])ccc32)c2ccccc21. The van der Waals surface area contributed by atoms with Gasteiger partial charge >= 0.3 is 5.97 Å². The zero-order valence-electron chi connectivity index (χ0n) is 14.5. The lowest BCUT2D eigenvalue weighted by Gasteiger charge is -2.37. The van der Waals surface area contributed by atoms with Crippen molar-refractivity contribution in [1.29, 1.82) is 0 Å². The molecule has 2 aliphatic heterocycles. The third-order valence-corrected chi connectivity index (χ3v) is 5.32. The van der Waals surface area contributed by atoms with Crippen molar-refractivity contribution in [3.05, 3.63) is 82.9 Å². The molecule has 0 bridgehead atoms. The van der Waals surface area contributed by atoms with Crippen LogP contribution < -0.4 is 19.0 Å². The molecule has 146 valence electrons. The second-order valence-electron chi connectivity index (χ2n) is 6.60. The van der Waals surface area contributed by atoms with Crippen LogP contribution >= 0.6 is 7.82 Å². The maximum atomic E-state index is 12.6. The van der Waals surface area contributed by atoms with Crippen LogP contribution in [0.1, 0.15) is 27.0 Å². The minimum atomic E-state index is -5.28. The number of carbonyl (C=O) groups excluding carboxylic acids is 1. The van der Waals surface area contributed by atoms with Crippen molar-refractivity contribution < 1.29 is 38.3 Å². The number of phenols is 1. The fourth-order valence-electron chi connectivity index (χ4n) is 3.83. The zero-order valence-corrected chi connectivity index (χ0v) is 15.4. The summed E-state index contributed by atoms with van der Waals surface area (Å²) in [5.41, 5.74) is 0.513. The van der Waals surface area contributed by atoms with Gasteiger partial charge in [-0.3, -0.25) is 0 Å². The Morgan fingerprint density at radius 1 is 0.931 bits per heavy atom. The Morgan fingerprint density at radius 2 is 1.62 bits per heavy atom. The van der Waals surface area contributed by atoms with E-state index < -0.39 is 19.4 Å². The van der Waals surface area contributed by atoms with Crippen molar-refractivity contribution in [2.75, 3.05) is 0 Å². The van der Waals surface area contributed by atoms with Gasteiger partial charge in [-0.1, -0.05) is 18.2 Å². The van der Waals surface area contributed by atoms with Gasteiger partial charge in [0.15, 0.2) is 5.60 Å². The van der Waals surface area contributed by atoms with Gasteiger partial charge in [-0.15, -0.1) is 0 Å². The summed E-state index contributed by atoms with van der Waals surface area (Å²) < 4.78 is 27.1. The average molecular weight is 410 g/mol. The highest BCUT2D eigenvalue weighted by molar-refractivity contribution is 7.43. The monoisotopic (exact) mass is 410 g/mol. The first-order valence-corrected chi connectivity index (χ1v) is 9.94. The lowest BCUT2D eigenvalue weighted by Crippen LogP contribution is -2.33. The molecule has 29 heavy (non-hydrogen) atoms. The predicted molar refractivity (Wildman–Crippen MR) is 94.6 cm³/mol. The van der Waals surface area contributed by atoms with Crippen molar-refractivity contribution in [3.8, 4) is 23.0 Å². The number of aromatic hydroxyl groups is 1. The molecule has 1 spiro atoms. The van der Waals surface area contributed by atoms with Gasteiger partial charge in [0.1, 0.15) is 30.8 Å². The number of carbonyl (C=O) groups is 1. The summed E-state index contributed by atoms with van der Waals surface area (Å²) in [5.74, 6) is -0.508. The number of hydrogen-bond donors (Lipinski definition) is 1. The normalized spacial score (nSPS) is 19.0. The summed E-state index contributed by atoms with van der Waals surface area (Å²) in [6.45, 7) is 0. The van der Waals surface area contributed by atoms with Crippen molar-refractivity contribution >= 4 is 13.8 Å². The van der Waals surface area contributed by atoms with Crippen molar-refractivity contribution in [2.45, 2.75) is 5.60 Å². The van der Waals surface area contributed by atoms with Crippen molar-refractivity contribution in [1.82, 2.24) is 0 Å². The van der Waals surface area contributed by atoms with Crippen LogP contribution in [0, 0.1) is 0 Å². The van der Waals surface area contributed by atoms with Gasteiger partial charge in [-0.05, 0) is 30.3 Å². The number of benzene rings is 3. The number of ether oxygens (including phenoxy) is 2. The summed E-state index contributed by atoms with van der Waals surface area (Å²) in [6, 6.07) is 15.3. The van der Waals surface area contributed by atoms with Gasteiger partial charge in [0.2, 0.25) is 0 Å². The maximum absolute atomic E-state index is 12.6. The molecule has 1 atom stereocenters. The van der Waals surface area contributed by atoms with Crippen LogP contribution in [0.2, 0.25) is 0 Å². The Hall–Kier alpha value is -3.32. The van der Waals surface area contributed by atoms with E-state index in [1.165, 1.54) is 30.3 Å². The second kappa shape index (κ2) is 5.84. The Bertz CT molecular complexity index is 1230. The number of esters is 1. The maximum Gasteiger partial charge on any atom is 0.340 e. The van der Waals surface area contributed by atoms with Crippen LogP contribution in [0.25, 0.3) is 0 Å². The first kappa shape index (κ1) is 17.8. The Balaban J connectivity index is 1.79. The zero-order chi connectivity index (χ0) is 20.4. The van der Waals surface area contributed by atoms with E-state index in [0.717, 1.165) is 0 Å². The van der Waals surface area contributed by atoms with Crippen LogP contribution in [-0.4, -0.2) is 11.1 Å². The highest BCUT2D eigenvalue weighted by Crippen LogP contribution is 2.57. The van der Waals surface area contributed by atoms with Crippen LogP contribution in [0.15, 0.2) is 60.7 Å². The smallest absolute Gasteiger partial charge is 0.340 e. The van der Waals surface area contributed by atoms with E-state index in [9.17, 15) is 24.3 Å². The number of hydrogen-bond acceptors (Lipinski definition) is 8. The van der Waals surface area contributed by atoms with E-state index in [1.807, 2.05) is 0 Å². The summed E-state index contributed by atoms with van der Waals surface area (Å²) in [4.78, 5) is 34.6. The fraction of sp³-hybridized carbons (Fsp3) is 0.0500. The third-order valence-electron chi connectivity index (χ3n) is 4.89. The molecule has 3 aromatic carbocycles. The van der Waals surface area contributed by atoms with Crippen LogP contribution in [0.5, 0.6) is 23.0 Å². The van der Waals surface area contributed by atoms with Crippen LogP contribution in [-0.2, 0) is 14.9 Å². The van der Waals surface area contributed by atoms with Gasteiger partial charge in [0.05, 0.1) is 5.56 Å². The summed E-state index contributed by atoms with van der Waals surface area (Å²) in [7, 11) is -5.28. The molecule has 3 aromatic rings. The van der Waals surface area contributed by atoms with E-state index in [2.05, 4.69) is 4.52 Å². The average Bonchev–Trinajstić information content (AvgIpc) is 2.94. The molecule has 1 N–H and O–H groups in total. The molecule has 0 aromatic heterocycles. The second-order valence-corrected chi connectivity index (χ2v) is 7.67. The lowest BCUT2D eigenvalue weighted by atomic mass is 9.77. The van der Waals surface area contributed by atoms with Gasteiger partial charge in [0.25, 0.3) is 0 Å². The minimum absolute atomic E-state index is 0.0732. The minimum Gasteiger partial charge on any atom is -0.780 e. The standard InChI is InChI=1S/C20H13O8P/c21-11-5-7-15-17(9-11)26-18-10-12(28-29(23,24)25)6-8-16(18)20(15)14-4-2-1-3-13(14)19(22)27-20/h1-10,21H,(H2,23,24,25)/p-2. The van der Waals surface area contributed by atoms with E-state index in [-0.39, 0.29) is 23.0 Å². The van der Waals surface area contributed by atoms with Crippen molar-refractivity contribution in [2.24, 2.45) is 0 Å². The van der Waals surface area contributed by atoms with E-state index in [1.54, 1.807) is 30.3 Å². The van der Waals surface area contributed by atoms with Gasteiger partial charge in [-0.2, -0.15) is 0 Å². The number of phosphoric ester groups is 1. The van der Waals surface area contributed by atoms with E-state index in [0.29, 0.717) is 22.3 Å². The molecule has 2 aliphatic rings. The first-order chi connectivity index (χ1) is 13.8. The number of fused-ring (bicyclic) bond motifs is 6. The fourth-order valence-corrected chi connectivity index (χ4v) is 4.20. The van der Waals surface area contributed by atoms with Gasteiger partial charge < -0.3 is 33.5 Å². The highest BCUT2D eigenvalue weighted by atomic mass is 31.2. The van der Waals surface area contributed by atoms with Crippen molar-refractivity contribution in [3.63, 3.8) is 0 Å². The van der Waals surface area contributed by atoms with E-state index in [4.69, 9.17) is 9.47 Å². The number of phenolic OH excluding ortho intramolecular Hbond substituents is 1. The van der Waals surface area contributed by atoms with Crippen LogP contribution in [0.3, 0.4) is 0 Å². The molecule has 0 radical (unpaired) electrons. The van der Waals surface area contributed by atoms with E-state index >= 15 is 0 Å². The highest BCUT2D eigenvalue weighted by Gasteiger charge is 2.53. The van der Waals surface area contributed by atoms with Gasteiger partial charge in [-0.25, -0.2) is 4.79 Å². The number of phosphoric acid groups is 1. The van der Waals surface area contributed by atoms with Crippen LogP contribution in [0.4, 0.5) is 0 Å². The topological polar surface area (TPSA) is 128 Å². The molecule has 2 heterocycles. The Kier molecular flexibility index (Phi) is 3.58. The Morgan fingerprint density at radius 3 is 2.38 bits per heavy atom.